The van der Waals surface area contributed by atoms with E-state index in [4.69, 9.17) is 10.0 Å². The van der Waals surface area contributed by atoms with Gasteiger partial charge in [-0.1, -0.05) is 0 Å². The van der Waals surface area contributed by atoms with Crippen molar-refractivity contribution in [3.63, 3.8) is 0 Å². The maximum atomic E-state index is 8.25. The fourth-order valence-electron chi connectivity index (χ4n) is 0.224. The van der Waals surface area contributed by atoms with Crippen LogP contribution in [0.25, 0.3) is 0 Å². The molecule has 0 spiro atoms. The molecular formula is C4H12BCaO3S. The van der Waals surface area contributed by atoms with Gasteiger partial charge >= 0.3 is 37.7 Å². The summed E-state index contributed by atoms with van der Waals surface area (Å²) in [5.74, 6) is 2.63. The summed E-state index contributed by atoms with van der Waals surface area (Å²) in [6, 6.07) is 0. The first-order chi connectivity index (χ1) is 3.83. The van der Waals surface area contributed by atoms with Gasteiger partial charge in [-0.05, 0) is 25.6 Å². The molecule has 0 bridgehead atoms. The second-order valence-corrected chi connectivity index (χ2v) is 2.66. The molecule has 0 unspecified atom stereocenters. The second-order valence-electron chi connectivity index (χ2n) is 0.952. The van der Waals surface area contributed by atoms with Crippen LogP contribution in [0.1, 0.15) is 13.8 Å². The summed E-state index contributed by atoms with van der Waals surface area (Å²) in [5.41, 5.74) is 0. The van der Waals surface area contributed by atoms with Crippen molar-refractivity contribution >= 4 is 57.2 Å². The second kappa shape index (κ2) is 31.2. The van der Waals surface area contributed by atoms with Crippen molar-refractivity contribution in [2.24, 2.45) is 0 Å². The molecule has 0 fully saturated rings. The molecule has 0 heterocycles. The first-order valence-corrected chi connectivity index (χ1v) is 3.78. The fraction of sp³-hybridized carbons (Fsp3) is 1.00. The quantitative estimate of drug-likeness (QED) is 0.275. The number of hydrogen-bond acceptors (Lipinski definition) is 3. The van der Waals surface area contributed by atoms with Gasteiger partial charge in [0.25, 0.3) is 0 Å². The molecule has 57 valence electrons. The Morgan fingerprint density at radius 2 is 1.40 bits per heavy atom. The Bertz CT molecular complexity index is 34.5. The van der Waals surface area contributed by atoms with Crippen molar-refractivity contribution < 1.29 is 15.5 Å². The van der Waals surface area contributed by atoms with E-state index in [9.17, 15) is 0 Å². The molecule has 3 nitrogen and oxygen atoms in total. The third-order valence-electron chi connectivity index (χ3n) is 0.447. The van der Waals surface area contributed by atoms with E-state index in [1.165, 1.54) is 11.5 Å². The molecule has 0 aliphatic rings. The summed E-state index contributed by atoms with van der Waals surface area (Å²) in [7, 11) is -0.500. The van der Waals surface area contributed by atoms with Gasteiger partial charge in [-0.2, -0.15) is 0 Å². The molecule has 0 rings (SSSR count). The van der Waals surface area contributed by atoms with Gasteiger partial charge in [0.05, 0.1) is 0 Å². The largest absolute Gasteiger partial charge is 2.00 e. The molecular weight excluding hydrogens is 179 g/mol. The van der Waals surface area contributed by atoms with E-state index >= 15 is 0 Å². The van der Waals surface area contributed by atoms with Crippen molar-refractivity contribution in [3.8, 4) is 0 Å². The molecule has 6 heteroatoms. The van der Waals surface area contributed by atoms with E-state index in [1.807, 2.05) is 0 Å². The van der Waals surface area contributed by atoms with Gasteiger partial charge in [0.15, 0.2) is 0 Å². The molecule has 1 radical (unpaired) electrons. The summed E-state index contributed by atoms with van der Waals surface area (Å²) in [4.78, 5) is 0. The van der Waals surface area contributed by atoms with Gasteiger partial charge in [0.2, 0.25) is 0 Å². The molecule has 0 aromatic carbocycles. The molecule has 0 atom stereocenters. The third kappa shape index (κ3) is 55.3. The maximum Gasteiger partial charge on any atom is 2.00 e. The molecule has 0 aliphatic heterocycles. The van der Waals surface area contributed by atoms with E-state index in [-0.39, 0.29) is 43.2 Å². The van der Waals surface area contributed by atoms with Crippen LogP contribution in [0, 0.1) is 0 Å². The van der Waals surface area contributed by atoms with E-state index < -0.39 is 7.69 Å². The first kappa shape index (κ1) is 22.6. The fourth-order valence-corrected chi connectivity index (χ4v) is 0.671. The summed E-state index contributed by atoms with van der Waals surface area (Å²) in [6.45, 7) is 4.40. The van der Waals surface area contributed by atoms with Crippen LogP contribution in [0.4, 0.5) is 0 Å². The third-order valence-corrected chi connectivity index (χ3v) is 1.34. The predicted octanol–water partition coefficient (Wildman–Crippen LogP) is -2.48. The van der Waals surface area contributed by atoms with Crippen molar-refractivity contribution in [1.82, 2.24) is 0 Å². The Labute approximate surface area is 97.2 Å². The maximum absolute atomic E-state index is 8.25. The average molecular weight is 191 g/mol. The van der Waals surface area contributed by atoms with Gasteiger partial charge in [-0.25, -0.2) is 7.69 Å². The molecule has 0 amide bonds. The van der Waals surface area contributed by atoms with Crippen LogP contribution >= 0.6 is 0 Å². The van der Waals surface area contributed by atoms with Gasteiger partial charge in [0, 0.05) is 0 Å². The monoisotopic (exact) mass is 191 g/mol. The Morgan fingerprint density at radius 1 is 1.20 bits per heavy atom. The van der Waals surface area contributed by atoms with E-state index in [2.05, 4.69) is 13.8 Å². The zero-order chi connectivity index (χ0) is 6.83. The Morgan fingerprint density at radius 3 is 1.40 bits per heavy atom. The number of thiol groups is 1. The van der Waals surface area contributed by atoms with Crippen LogP contribution in [0.2, 0.25) is 0 Å². The minimum Gasteiger partial charge on any atom is -0.900 e. The van der Waals surface area contributed by atoms with Crippen LogP contribution in [0.3, 0.4) is 0 Å². The minimum absolute atomic E-state index is 0. The minimum atomic E-state index is -0.500. The molecule has 1 N–H and O–H groups in total. The SMILES string of the molecule is CC[SH+]CC.[Ca+2].[O-][B][O-].[OH-]. The van der Waals surface area contributed by atoms with Crippen molar-refractivity contribution in [2.45, 2.75) is 13.8 Å². The Kier molecular flexibility index (Phi) is 70.4. The summed E-state index contributed by atoms with van der Waals surface area (Å²) in [6.07, 6.45) is 0. The van der Waals surface area contributed by atoms with Crippen LogP contribution in [-0.2, 0) is 11.8 Å². The topological polar surface area (TPSA) is 76.1 Å². The van der Waals surface area contributed by atoms with Gasteiger partial charge in [-0.3, -0.25) is 0 Å². The Hall–Kier alpha value is 1.55. The van der Waals surface area contributed by atoms with Crippen molar-refractivity contribution in [3.05, 3.63) is 0 Å². The van der Waals surface area contributed by atoms with E-state index in [1.54, 1.807) is 11.8 Å². The summed E-state index contributed by atoms with van der Waals surface area (Å²) < 4.78 is 0. The van der Waals surface area contributed by atoms with E-state index in [0.29, 0.717) is 0 Å². The van der Waals surface area contributed by atoms with E-state index in [0.717, 1.165) is 0 Å². The summed E-state index contributed by atoms with van der Waals surface area (Å²) in [5, 5.41) is 16.5. The van der Waals surface area contributed by atoms with Crippen molar-refractivity contribution in [2.75, 3.05) is 11.5 Å². The molecule has 0 saturated carbocycles. The van der Waals surface area contributed by atoms with Gasteiger partial charge < -0.3 is 15.5 Å². The number of hydrogen-bond donors (Lipinski definition) is 0. The zero-order valence-corrected chi connectivity index (χ0v) is 9.51. The van der Waals surface area contributed by atoms with Gasteiger partial charge in [-0.15, -0.1) is 0 Å². The van der Waals surface area contributed by atoms with Gasteiger partial charge in [0.1, 0.15) is 11.5 Å². The first-order valence-electron chi connectivity index (χ1n) is 2.52. The molecule has 10 heavy (non-hydrogen) atoms. The molecule has 0 saturated heterocycles. The normalized spacial score (nSPS) is 5.60. The average Bonchev–Trinajstić information content (AvgIpc) is 1.71. The van der Waals surface area contributed by atoms with Crippen LogP contribution in [0.5, 0.6) is 0 Å². The van der Waals surface area contributed by atoms with Crippen LogP contribution in [-0.4, -0.2) is 62.4 Å². The zero-order valence-electron chi connectivity index (χ0n) is 6.41. The smallest absolute Gasteiger partial charge is 0.900 e. The summed E-state index contributed by atoms with van der Waals surface area (Å²) >= 11 is 1.58. The number of rotatable bonds is 2. The molecule has 0 aromatic rings. The van der Waals surface area contributed by atoms with Crippen LogP contribution in [0.15, 0.2) is 0 Å². The van der Waals surface area contributed by atoms with Crippen molar-refractivity contribution in [1.29, 1.82) is 0 Å². The standard InChI is InChI=1S/C4H10S.BO2.Ca.H2O/c1-3-5-4-2;2-1-3;;/h3-4H2,1-2H3;;;1H2/q;-2;+2;. The molecule has 0 aliphatic carbocycles. The van der Waals surface area contributed by atoms with Crippen LogP contribution < -0.4 is 10.0 Å². The Balaban J connectivity index is -0.0000000326. The predicted molar refractivity (Wildman–Crippen MR) is 43.3 cm³/mol. The molecule has 0 aromatic heterocycles.